The van der Waals surface area contributed by atoms with Gasteiger partial charge in [-0.3, -0.25) is 4.79 Å². The Balaban J connectivity index is 2.08. The van der Waals surface area contributed by atoms with Crippen LogP contribution in [0.15, 0.2) is 29.1 Å². The fourth-order valence-corrected chi connectivity index (χ4v) is 2.79. The number of hydrogen-bond donors (Lipinski definition) is 2. The fourth-order valence-electron chi connectivity index (χ4n) is 2.79. The predicted molar refractivity (Wildman–Crippen MR) is 89.4 cm³/mol. The SMILES string of the molecule is N#Cc1c(N)[nH]c(=O)c(C#N)c1-c1ccc(N2CCOCC2)cc1. The van der Waals surface area contributed by atoms with Crippen LogP contribution in [-0.2, 0) is 4.74 Å². The molecule has 1 aliphatic heterocycles. The number of morpholine rings is 1. The first kappa shape index (κ1) is 15.6. The molecule has 7 heteroatoms. The van der Waals surface area contributed by atoms with Gasteiger partial charge in [0.05, 0.1) is 13.2 Å². The second-order valence-electron chi connectivity index (χ2n) is 5.36. The third kappa shape index (κ3) is 2.69. The minimum absolute atomic E-state index is 0.0336. The van der Waals surface area contributed by atoms with E-state index in [0.717, 1.165) is 18.8 Å². The summed E-state index contributed by atoms with van der Waals surface area (Å²) in [4.78, 5) is 16.5. The second-order valence-corrected chi connectivity index (χ2v) is 5.36. The van der Waals surface area contributed by atoms with E-state index >= 15 is 0 Å². The topological polar surface area (TPSA) is 119 Å². The number of hydrogen-bond acceptors (Lipinski definition) is 6. The molecule has 1 fully saturated rings. The molecule has 0 amide bonds. The minimum atomic E-state index is -0.596. The number of nitrogens with zero attached hydrogens (tertiary/aromatic N) is 3. The number of H-pyrrole nitrogens is 1. The summed E-state index contributed by atoms with van der Waals surface area (Å²) in [5.41, 5.74) is 7.03. The molecular formula is C17H15N5O2. The molecule has 0 spiro atoms. The van der Waals surface area contributed by atoms with Gasteiger partial charge in [-0.05, 0) is 17.7 Å². The van der Waals surface area contributed by atoms with E-state index in [2.05, 4.69) is 9.88 Å². The maximum atomic E-state index is 12.0. The highest BCUT2D eigenvalue weighted by Gasteiger charge is 2.18. The lowest BCUT2D eigenvalue weighted by Gasteiger charge is -2.29. The monoisotopic (exact) mass is 321 g/mol. The molecule has 3 N–H and O–H groups in total. The number of nitrogens with one attached hydrogen (secondary N) is 1. The van der Waals surface area contributed by atoms with E-state index in [1.165, 1.54) is 0 Å². The lowest BCUT2D eigenvalue weighted by Crippen LogP contribution is -2.36. The molecule has 2 heterocycles. The van der Waals surface area contributed by atoms with Crippen molar-refractivity contribution < 1.29 is 4.74 Å². The van der Waals surface area contributed by atoms with Crippen LogP contribution in [0, 0.1) is 22.7 Å². The zero-order chi connectivity index (χ0) is 17.1. The average molecular weight is 321 g/mol. The van der Waals surface area contributed by atoms with Crippen molar-refractivity contribution in [3.63, 3.8) is 0 Å². The molecule has 120 valence electrons. The molecule has 0 saturated carbocycles. The van der Waals surface area contributed by atoms with Gasteiger partial charge in [0.15, 0.2) is 0 Å². The number of nitrogens with two attached hydrogens (primary N) is 1. The standard InChI is InChI=1S/C17H15N5O2/c18-9-13-15(14(10-19)17(23)21-16(13)20)11-1-3-12(4-2-11)22-5-7-24-8-6-22/h1-4H,5-8H2,(H3,20,21,23). The molecule has 0 bridgehead atoms. The summed E-state index contributed by atoms with van der Waals surface area (Å²) in [5, 5.41) is 18.6. The molecule has 1 saturated heterocycles. The number of ether oxygens (including phenoxy) is 1. The highest BCUT2D eigenvalue weighted by molar-refractivity contribution is 5.80. The summed E-state index contributed by atoms with van der Waals surface area (Å²) in [6, 6.07) is 11.2. The summed E-state index contributed by atoms with van der Waals surface area (Å²) in [7, 11) is 0. The van der Waals surface area contributed by atoms with Gasteiger partial charge in [-0.25, -0.2) is 0 Å². The molecule has 3 rings (SSSR count). The van der Waals surface area contributed by atoms with Crippen LogP contribution in [0.25, 0.3) is 11.1 Å². The van der Waals surface area contributed by atoms with Crippen LogP contribution in [0.3, 0.4) is 0 Å². The Kier molecular flexibility index (Phi) is 4.19. The van der Waals surface area contributed by atoms with Crippen LogP contribution in [0.4, 0.5) is 11.5 Å². The molecule has 0 atom stereocenters. The van der Waals surface area contributed by atoms with Gasteiger partial charge in [0, 0.05) is 24.3 Å². The maximum Gasteiger partial charge on any atom is 0.268 e. The van der Waals surface area contributed by atoms with Crippen molar-refractivity contribution in [1.29, 1.82) is 10.5 Å². The molecule has 1 aliphatic rings. The summed E-state index contributed by atoms with van der Waals surface area (Å²) < 4.78 is 5.34. The van der Waals surface area contributed by atoms with Crippen LogP contribution in [0.5, 0.6) is 0 Å². The number of anilines is 2. The summed E-state index contributed by atoms with van der Waals surface area (Å²) >= 11 is 0. The highest BCUT2D eigenvalue weighted by atomic mass is 16.5. The van der Waals surface area contributed by atoms with E-state index in [0.29, 0.717) is 18.8 Å². The minimum Gasteiger partial charge on any atom is -0.384 e. The third-order valence-corrected chi connectivity index (χ3v) is 4.00. The number of benzene rings is 1. The van der Waals surface area contributed by atoms with Crippen molar-refractivity contribution in [1.82, 2.24) is 4.98 Å². The fraction of sp³-hybridized carbons (Fsp3) is 0.235. The first-order chi connectivity index (χ1) is 11.7. The van der Waals surface area contributed by atoms with Crippen LogP contribution in [0.2, 0.25) is 0 Å². The normalized spacial score (nSPS) is 14.0. The summed E-state index contributed by atoms with van der Waals surface area (Å²) in [6.07, 6.45) is 0. The van der Waals surface area contributed by atoms with Crippen molar-refractivity contribution in [3.8, 4) is 23.3 Å². The van der Waals surface area contributed by atoms with E-state index in [-0.39, 0.29) is 22.5 Å². The lowest BCUT2D eigenvalue weighted by atomic mass is 9.96. The molecular weight excluding hydrogens is 306 g/mol. The first-order valence-corrected chi connectivity index (χ1v) is 7.44. The van der Waals surface area contributed by atoms with Crippen molar-refractivity contribution in [2.24, 2.45) is 0 Å². The number of rotatable bonds is 2. The van der Waals surface area contributed by atoms with Gasteiger partial charge >= 0.3 is 0 Å². The van der Waals surface area contributed by atoms with Gasteiger partial charge in [-0.1, -0.05) is 12.1 Å². The van der Waals surface area contributed by atoms with E-state index in [4.69, 9.17) is 10.5 Å². The molecule has 1 aromatic heterocycles. The Hall–Kier alpha value is -3.29. The van der Waals surface area contributed by atoms with E-state index < -0.39 is 5.56 Å². The molecule has 24 heavy (non-hydrogen) atoms. The van der Waals surface area contributed by atoms with Gasteiger partial charge in [0.2, 0.25) is 0 Å². The molecule has 1 aromatic carbocycles. The van der Waals surface area contributed by atoms with Crippen LogP contribution >= 0.6 is 0 Å². The van der Waals surface area contributed by atoms with Gasteiger partial charge in [-0.15, -0.1) is 0 Å². The Morgan fingerprint density at radius 2 is 1.71 bits per heavy atom. The largest absolute Gasteiger partial charge is 0.384 e. The smallest absolute Gasteiger partial charge is 0.268 e. The Labute approximate surface area is 138 Å². The number of nitrogen functional groups attached to an aromatic ring is 1. The van der Waals surface area contributed by atoms with E-state index in [9.17, 15) is 15.3 Å². The van der Waals surface area contributed by atoms with Crippen molar-refractivity contribution in [2.75, 3.05) is 36.9 Å². The first-order valence-electron chi connectivity index (χ1n) is 7.44. The molecule has 2 aromatic rings. The number of aromatic nitrogens is 1. The molecule has 0 aliphatic carbocycles. The van der Waals surface area contributed by atoms with E-state index in [1.807, 2.05) is 24.3 Å². The zero-order valence-electron chi connectivity index (χ0n) is 12.9. The lowest BCUT2D eigenvalue weighted by molar-refractivity contribution is 0.122. The quantitative estimate of drug-likeness (QED) is 0.858. The predicted octanol–water partition coefficient (Wildman–Crippen LogP) is 1.20. The van der Waals surface area contributed by atoms with Crippen molar-refractivity contribution in [3.05, 3.63) is 45.7 Å². The second kappa shape index (κ2) is 6.45. The molecule has 0 radical (unpaired) electrons. The summed E-state index contributed by atoms with van der Waals surface area (Å²) in [5.74, 6) is -0.0336. The Morgan fingerprint density at radius 1 is 1.08 bits per heavy atom. The van der Waals surface area contributed by atoms with Crippen molar-refractivity contribution in [2.45, 2.75) is 0 Å². The number of nitriles is 2. The average Bonchev–Trinajstić information content (AvgIpc) is 2.62. The van der Waals surface area contributed by atoms with Gasteiger partial charge < -0.3 is 20.4 Å². The van der Waals surface area contributed by atoms with E-state index in [1.54, 1.807) is 12.1 Å². The van der Waals surface area contributed by atoms with Gasteiger partial charge in [-0.2, -0.15) is 10.5 Å². The van der Waals surface area contributed by atoms with Crippen LogP contribution in [0.1, 0.15) is 11.1 Å². The molecule has 7 nitrogen and oxygen atoms in total. The number of aromatic amines is 1. The maximum absolute atomic E-state index is 12.0. The van der Waals surface area contributed by atoms with Gasteiger partial charge in [0.1, 0.15) is 29.1 Å². The third-order valence-electron chi connectivity index (χ3n) is 4.00. The van der Waals surface area contributed by atoms with Gasteiger partial charge in [0.25, 0.3) is 5.56 Å². The van der Waals surface area contributed by atoms with Crippen molar-refractivity contribution >= 4 is 11.5 Å². The Bertz CT molecular complexity index is 897. The Morgan fingerprint density at radius 3 is 2.29 bits per heavy atom. The molecule has 0 unspecified atom stereocenters. The van der Waals surface area contributed by atoms with Crippen LogP contribution < -0.4 is 16.2 Å². The number of pyridine rings is 1. The summed E-state index contributed by atoms with van der Waals surface area (Å²) in [6.45, 7) is 2.99. The zero-order valence-corrected chi connectivity index (χ0v) is 12.9. The highest BCUT2D eigenvalue weighted by Crippen LogP contribution is 2.29. The van der Waals surface area contributed by atoms with Crippen LogP contribution in [-0.4, -0.2) is 31.3 Å².